The lowest BCUT2D eigenvalue weighted by atomic mass is 10.00. The zero-order valence-corrected chi connectivity index (χ0v) is 9.33. The first-order chi connectivity index (χ1) is 6.77. The molecule has 0 aromatic carbocycles. The predicted octanol–water partition coefficient (Wildman–Crippen LogP) is 1.16. The average Bonchev–Trinajstić information content (AvgIpc) is 2.71. The molecule has 1 aliphatic heterocycles. The second-order valence-electron chi connectivity index (χ2n) is 4.22. The molecular weight excluding hydrogens is 178 g/mol. The van der Waals surface area contributed by atoms with Crippen LogP contribution in [0.2, 0.25) is 0 Å². The minimum absolute atomic E-state index is 0.224. The molecule has 0 amide bonds. The van der Waals surface area contributed by atoms with Crippen LogP contribution in [-0.2, 0) is 4.74 Å². The highest BCUT2D eigenvalue weighted by Gasteiger charge is 2.19. The van der Waals surface area contributed by atoms with Crippen molar-refractivity contribution >= 4 is 0 Å². The molecule has 1 fully saturated rings. The third kappa shape index (κ3) is 3.56. The van der Waals surface area contributed by atoms with Gasteiger partial charge in [0.1, 0.15) is 0 Å². The molecule has 0 radical (unpaired) electrons. The van der Waals surface area contributed by atoms with Gasteiger partial charge in [-0.2, -0.15) is 0 Å². The summed E-state index contributed by atoms with van der Waals surface area (Å²) in [7, 11) is 0. The molecule has 1 rings (SSSR count). The molecule has 0 saturated carbocycles. The quantitative estimate of drug-likeness (QED) is 0.677. The van der Waals surface area contributed by atoms with Crippen LogP contribution in [-0.4, -0.2) is 37.0 Å². The van der Waals surface area contributed by atoms with Gasteiger partial charge in [0, 0.05) is 19.2 Å². The first kappa shape index (κ1) is 12.0. The van der Waals surface area contributed by atoms with Crippen LogP contribution in [0.1, 0.15) is 33.1 Å². The lowest BCUT2D eigenvalue weighted by Crippen LogP contribution is -2.41. The lowest BCUT2D eigenvalue weighted by Gasteiger charge is -2.23. The Bertz CT molecular complexity index is 146. The normalized spacial score (nSPS) is 26.4. The summed E-state index contributed by atoms with van der Waals surface area (Å²) < 4.78 is 5.52. The largest absolute Gasteiger partial charge is 0.395 e. The maximum atomic E-state index is 9.20. The first-order valence-electron chi connectivity index (χ1n) is 5.73. The van der Waals surface area contributed by atoms with Gasteiger partial charge in [0.15, 0.2) is 0 Å². The van der Waals surface area contributed by atoms with E-state index in [0.29, 0.717) is 12.0 Å². The standard InChI is InChI=1S/C11H23NO2/c1-3-9(2)11(8-13)12-7-10-5-4-6-14-10/h9-13H,3-8H2,1-2H3. The van der Waals surface area contributed by atoms with Crippen LogP contribution in [0.15, 0.2) is 0 Å². The van der Waals surface area contributed by atoms with E-state index in [2.05, 4.69) is 19.2 Å². The number of nitrogens with one attached hydrogen (secondary N) is 1. The van der Waals surface area contributed by atoms with Crippen molar-refractivity contribution in [2.75, 3.05) is 19.8 Å². The average molecular weight is 201 g/mol. The van der Waals surface area contributed by atoms with Gasteiger partial charge in [0.05, 0.1) is 12.7 Å². The van der Waals surface area contributed by atoms with E-state index in [-0.39, 0.29) is 12.6 Å². The second kappa shape index (κ2) is 6.38. The van der Waals surface area contributed by atoms with Gasteiger partial charge in [-0.15, -0.1) is 0 Å². The van der Waals surface area contributed by atoms with Gasteiger partial charge in [-0.05, 0) is 18.8 Å². The highest BCUT2D eigenvalue weighted by Crippen LogP contribution is 2.12. The number of ether oxygens (including phenoxy) is 1. The van der Waals surface area contributed by atoms with Crippen LogP contribution in [0.25, 0.3) is 0 Å². The Balaban J connectivity index is 2.19. The molecule has 0 aliphatic carbocycles. The smallest absolute Gasteiger partial charge is 0.0700 e. The predicted molar refractivity (Wildman–Crippen MR) is 57.3 cm³/mol. The summed E-state index contributed by atoms with van der Waals surface area (Å²) >= 11 is 0. The fourth-order valence-corrected chi connectivity index (χ4v) is 1.82. The zero-order chi connectivity index (χ0) is 10.4. The maximum absolute atomic E-state index is 9.20. The topological polar surface area (TPSA) is 41.5 Å². The van der Waals surface area contributed by atoms with Crippen molar-refractivity contribution in [2.24, 2.45) is 5.92 Å². The van der Waals surface area contributed by atoms with Crippen molar-refractivity contribution in [2.45, 2.75) is 45.3 Å². The molecule has 3 unspecified atom stereocenters. The summed E-state index contributed by atoms with van der Waals surface area (Å²) in [4.78, 5) is 0. The molecule has 1 saturated heterocycles. The molecule has 14 heavy (non-hydrogen) atoms. The van der Waals surface area contributed by atoms with Gasteiger partial charge < -0.3 is 15.2 Å². The summed E-state index contributed by atoms with van der Waals surface area (Å²) in [6.45, 7) is 6.33. The third-order valence-electron chi connectivity index (χ3n) is 3.16. The van der Waals surface area contributed by atoms with Crippen LogP contribution in [0.4, 0.5) is 0 Å². The van der Waals surface area contributed by atoms with Crippen molar-refractivity contribution in [3.63, 3.8) is 0 Å². The summed E-state index contributed by atoms with van der Waals surface area (Å²) in [6.07, 6.45) is 3.81. The molecule has 2 N–H and O–H groups in total. The zero-order valence-electron chi connectivity index (χ0n) is 9.33. The first-order valence-corrected chi connectivity index (χ1v) is 5.73. The molecule has 0 aromatic heterocycles. The van der Waals surface area contributed by atoms with E-state index in [4.69, 9.17) is 4.74 Å². The molecule has 3 atom stereocenters. The van der Waals surface area contributed by atoms with Crippen molar-refractivity contribution in [1.82, 2.24) is 5.32 Å². The third-order valence-corrected chi connectivity index (χ3v) is 3.16. The van der Waals surface area contributed by atoms with E-state index >= 15 is 0 Å². The maximum Gasteiger partial charge on any atom is 0.0700 e. The van der Waals surface area contributed by atoms with Gasteiger partial charge in [0.25, 0.3) is 0 Å². The molecule has 3 nitrogen and oxygen atoms in total. The van der Waals surface area contributed by atoms with E-state index in [1.54, 1.807) is 0 Å². The van der Waals surface area contributed by atoms with Gasteiger partial charge in [0.2, 0.25) is 0 Å². The van der Waals surface area contributed by atoms with Crippen molar-refractivity contribution < 1.29 is 9.84 Å². The van der Waals surface area contributed by atoms with Gasteiger partial charge in [-0.25, -0.2) is 0 Å². The summed E-state index contributed by atoms with van der Waals surface area (Å²) in [6, 6.07) is 0.226. The molecule has 1 heterocycles. The fourth-order valence-electron chi connectivity index (χ4n) is 1.82. The molecule has 1 aliphatic rings. The molecular formula is C11H23NO2. The van der Waals surface area contributed by atoms with Crippen molar-refractivity contribution in [3.05, 3.63) is 0 Å². The number of aliphatic hydroxyl groups excluding tert-OH is 1. The Labute approximate surface area is 86.8 Å². The fraction of sp³-hybridized carbons (Fsp3) is 1.00. The van der Waals surface area contributed by atoms with E-state index < -0.39 is 0 Å². The minimum atomic E-state index is 0.224. The summed E-state index contributed by atoms with van der Waals surface area (Å²) in [5.41, 5.74) is 0. The number of hydrogen-bond acceptors (Lipinski definition) is 3. The van der Waals surface area contributed by atoms with Crippen LogP contribution < -0.4 is 5.32 Å². The highest BCUT2D eigenvalue weighted by atomic mass is 16.5. The lowest BCUT2D eigenvalue weighted by molar-refractivity contribution is 0.0990. The molecule has 0 bridgehead atoms. The van der Waals surface area contributed by atoms with E-state index in [1.807, 2.05) is 0 Å². The number of hydrogen-bond donors (Lipinski definition) is 2. The molecule has 84 valence electrons. The van der Waals surface area contributed by atoms with Crippen LogP contribution in [0, 0.1) is 5.92 Å². The highest BCUT2D eigenvalue weighted by molar-refractivity contribution is 4.75. The molecule has 0 spiro atoms. The van der Waals surface area contributed by atoms with Gasteiger partial charge in [-0.3, -0.25) is 0 Å². The number of rotatable bonds is 6. The van der Waals surface area contributed by atoms with Crippen LogP contribution in [0.3, 0.4) is 0 Å². The van der Waals surface area contributed by atoms with E-state index in [1.165, 1.54) is 6.42 Å². The molecule has 0 aromatic rings. The summed E-state index contributed by atoms with van der Waals surface area (Å²) in [5, 5.41) is 12.6. The Morgan fingerprint density at radius 2 is 2.36 bits per heavy atom. The Kier molecular flexibility index (Phi) is 5.45. The Morgan fingerprint density at radius 1 is 1.57 bits per heavy atom. The minimum Gasteiger partial charge on any atom is -0.395 e. The monoisotopic (exact) mass is 201 g/mol. The Hall–Kier alpha value is -0.120. The summed E-state index contributed by atoms with van der Waals surface area (Å²) in [5.74, 6) is 0.529. The van der Waals surface area contributed by atoms with Gasteiger partial charge >= 0.3 is 0 Å². The van der Waals surface area contributed by atoms with Crippen molar-refractivity contribution in [3.8, 4) is 0 Å². The Morgan fingerprint density at radius 3 is 2.86 bits per heavy atom. The molecule has 3 heteroatoms. The SMILES string of the molecule is CCC(C)C(CO)NCC1CCCO1. The second-order valence-corrected chi connectivity index (χ2v) is 4.22. The van der Waals surface area contributed by atoms with Crippen LogP contribution in [0.5, 0.6) is 0 Å². The van der Waals surface area contributed by atoms with Crippen molar-refractivity contribution in [1.29, 1.82) is 0 Å². The van der Waals surface area contributed by atoms with Crippen LogP contribution >= 0.6 is 0 Å². The number of aliphatic hydroxyl groups is 1. The van der Waals surface area contributed by atoms with E-state index in [0.717, 1.165) is 26.0 Å². The van der Waals surface area contributed by atoms with E-state index in [9.17, 15) is 5.11 Å². The van der Waals surface area contributed by atoms with Gasteiger partial charge in [-0.1, -0.05) is 20.3 Å².